The SMILES string of the molecule is CCC(O)CCNCCCCC(N)=NO. The number of oxime groups is 1. The molecular formula is C10H23N3O2. The van der Waals surface area contributed by atoms with Crippen LogP contribution in [0.1, 0.15) is 39.0 Å². The lowest BCUT2D eigenvalue weighted by Gasteiger charge is -2.08. The smallest absolute Gasteiger partial charge is 0.139 e. The number of rotatable bonds is 9. The van der Waals surface area contributed by atoms with Crippen LogP contribution in [0.15, 0.2) is 5.16 Å². The van der Waals surface area contributed by atoms with Crippen LogP contribution in [-0.4, -0.2) is 35.3 Å². The Morgan fingerprint density at radius 1 is 1.40 bits per heavy atom. The largest absolute Gasteiger partial charge is 0.409 e. The molecule has 5 nitrogen and oxygen atoms in total. The Morgan fingerprint density at radius 3 is 2.73 bits per heavy atom. The Balaban J connectivity index is 3.12. The average molecular weight is 217 g/mol. The second-order valence-corrected chi connectivity index (χ2v) is 3.65. The fraction of sp³-hybridized carbons (Fsp3) is 0.900. The minimum atomic E-state index is -0.185. The average Bonchev–Trinajstić information content (AvgIpc) is 2.26. The van der Waals surface area contributed by atoms with E-state index in [9.17, 15) is 5.11 Å². The van der Waals surface area contributed by atoms with Crippen molar-refractivity contribution in [2.45, 2.75) is 45.1 Å². The topological polar surface area (TPSA) is 90.9 Å². The number of nitrogens with zero attached hydrogens (tertiary/aromatic N) is 1. The molecule has 5 heteroatoms. The lowest BCUT2D eigenvalue weighted by molar-refractivity contribution is 0.160. The minimum Gasteiger partial charge on any atom is -0.409 e. The van der Waals surface area contributed by atoms with Crippen LogP contribution in [0, 0.1) is 0 Å². The van der Waals surface area contributed by atoms with Gasteiger partial charge in [0.05, 0.1) is 6.10 Å². The molecule has 0 radical (unpaired) electrons. The fourth-order valence-electron chi connectivity index (χ4n) is 1.20. The van der Waals surface area contributed by atoms with Gasteiger partial charge in [0.2, 0.25) is 0 Å². The van der Waals surface area contributed by atoms with Gasteiger partial charge in [0.1, 0.15) is 5.84 Å². The summed E-state index contributed by atoms with van der Waals surface area (Å²) in [6.07, 6.45) is 3.98. The maximum absolute atomic E-state index is 9.27. The number of nitrogens with one attached hydrogen (secondary N) is 1. The Kier molecular flexibility index (Phi) is 9.21. The van der Waals surface area contributed by atoms with Crippen molar-refractivity contribution < 1.29 is 10.3 Å². The first-order valence-corrected chi connectivity index (χ1v) is 5.55. The van der Waals surface area contributed by atoms with E-state index in [2.05, 4.69) is 10.5 Å². The normalized spacial score (nSPS) is 14.1. The third kappa shape index (κ3) is 9.49. The highest BCUT2D eigenvalue weighted by Crippen LogP contribution is 1.96. The van der Waals surface area contributed by atoms with E-state index in [4.69, 9.17) is 10.9 Å². The third-order valence-electron chi connectivity index (χ3n) is 2.29. The minimum absolute atomic E-state index is 0.185. The summed E-state index contributed by atoms with van der Waals surface area (Å²) in [6.45, 7) is 3.73. The van der Waals surface area contributed by atoms with Crippen LogP contribution in [0.2, 0.25) is 0 Å². The number of aliphatic hydroxyl groups is 1. The molecule has 5 N–H and O–H groups in total. The van der Waals surface area contributed by atoms with Crippen LogP contribution < -0.4 is 11.1 Å². The predicted molar refractivity (Wildman–Crippen MR) is 61.0 cm³/mol. The molecule has 0 aliphatic heterocycles. The van der Waals surface area contributed by atoms with Gasteiger partial charge in [-0.05, 0) is 38.8 Å². The van der Waals surface area contributed by atoms with Crippen molar-refractivity contribution in [1.29, 1.82) is 0 Å². The van der Waals surface area contributed by atoms with E-state index in [1.165, 1.54) is 0 Å². The van der Waals surface area contributed by atoms with Crippen LogP contribution in [0.25, 0.3) is 0 Å². The zero-order valence-corrected chi connectivity index (χ0v) is 9.45. The molecule has 0 heterocycles. The van der Waals surface area contributed by atoms with Gasteiger partial charge in [-0.25, -0.2) is 0 Å². The summed E-state index contributed by atoms with van der Waals surface area (Å²) in [6, 6.07) is 0. The van der Waals surface area contributed by atoms with E-state index < -0.39 is 0 Å². The van der Waals surface area contributed by atoms with Crippen molar-refractivity contribution in [2.75, 3.05) is 13.1 Å². The summed E-state index contributed by atoms with van der Waals surface area (Å²) in [7, 11) is 0. The van der Waals surface area contributed by atoms with Gasteiger partial charge in [0.15, 0.2) is 0 Å². The standard InChI is InChI=1S/C10H23N3O2/c1-2-9(14)6-8-12-7-4-3-5-10(11)13-15/h9,12,14-15H,2-8H2,1H3,(H2,11,13). The summed E-state index contributed by atoms with van der Waals surface area (Å²) in [5, 5.41) is 23.7. The highest BCUT2D eigenvalue weighted by molar-refractivity contribution is 5.79. The van der Waals surface area contributed by atoms with E-state index in [1.807, 2.05) is 6.92 Å². The first kappa shape index (κ1) is 14.2. The molecule has 0 amide bonds. The van der Waals surface area contributed by atoms with E-state index in [0.29, 0.717) is 6.42 Å². The third-order valence-corrected chi connectivity index (χ3v) is 2.29. The molecule has 0 saturated heterocycles. The van der Waals surface area contributed by atoms with Crippen molar-refractivity contribution in [3.8, 4) is 0 Å². The second-order valence-electron chi connectivity index (χ2n) is 3.65. The number of hydrogen-bond acceptors (Lipinski definition) is 4. The molecule has 0 bridgehead atoms. The summed E-state index contributed by atoms with van der Waals surface area (Å²) in [5.41, 5.74) is 5.32. The predicted octanol–water partition coefficient (Wildman–Crippen LogP) is 0.654. The number of amidine groups is 1. The maximum Gasteiger partial charge on any atom is 0.139 e. The van der Waals surface area contributed by atoms with Gasteiger partial charge in [0, 0.05) is 6.42 Å². The van der Waals surface area contributed by atoms with Gasteiger partial charge >= 0.3 is 0 Å². The summed E-state index contributed by atoms with van der Waals surface area (Å²) in [5.74, 6) is 0.288. The molecule has 0 saturated carbocycles. The molecule has 15 heavy (non-hydrogen) atoms. The van der Waals surface area contributed by atoms with Crippen molar-refractivity contribution in [3.05, 3.63) is 0 Å². The highest BCUT2D eigenvalue weighted by atomic mass is 16.4. The zero-order chi connectivity index (χ0) is 11.5. The van der Waals surface area contributed by atoms with Crippen LogP contribution in [0.4, 0.5) is 0 Å². The van der Waals surface area contributed by atoms with E-state index in [0.717, 1.165) is 38.8 Å². The van der Waals surface area contributed by atoms with Crippen LogP contribution >= 0.6 is 0 Å². The van der Waals surface area contributed by atoms with Gasteiger partial charge < -0.3 is 21.4 Å². The molecule has 0 rings (SSSR count). The Bertz CT molecular complexity index is 174. The second kappa shape index (κ2) is 9.73. The molecular weight excluding hydrogens is 194 g/mol. The molecule has 0 aromatic heterocycles. The number of unbranched alkanes of at least 4 members (excludes halogenated alkanes) is 1. The summed E-state index contributed by atoms with van der Waals surface area (Å²) in [4.78, 5) is 0. The quantitative estimate of drug-likeness (QED) is 0.150. The van der Waals surface area contributed by atoms with Crippen molar-refractivity contribution in [1.82, 2.24) is 5.32 Å². The number of aliphatic hydroxyl groups excluding tert-OH is 1. The van der Waals surface area contributed by atoms with E-state index in [-0.39, 0.29) is 11.9 Å². The van der Waals surface area contributed by atoms with E-state index in [1.54, 1.807) is 0 Å². The van der Waals surface area contributed by atoms with Crippen LogP contribution in [-0.2, 0) is 0 Å². The molecule has 0 fully saturated rings. The molecule has 0 aromatic carbocycles. The molecule has 0 aromatic rings. The van der Waals surface area contributed by atoms with E-state index >= 15 is 0 Å². The molecule has 0 spiro atoms. The summed E-state index contributed by atoms with van der Waals surface area (Å²) < 4.78 is 0. The fourth-order valence-corrected chi connectivity index (χ4v) is 1.20. The summed E-state index contributed by atoms with van der Waals surface area (Å²) >= 11 is 0. The Morgan fingerprint density at radius 2 is 2.13 bits per heavy atom. The molecule has 90 valence electrons. The number of hydrogen-bond donors (Lipinski definition) is 4. The lowest BCUT2D eigenvalue weighted by atomic mass is 10.2. The zero-order valence-electron chi connectivity index (χ0n) is 9.45. The van der Waals surface area contributed by atoms with Gasteiger partial charge in [-0.3, -0.25) is 0 Å². The highest BCUT2D eigenvalue weighted by Gasteiger charge is 1.99. The monoisotopic (exact) mass is 217 g/mol. The van der Waals surface area contributed by atoms with Crippen LogP contribution in [0.5, 0.6) is 0 Å². The molecule has 0 aliphatic carbocycles. The molecule has 0 aliphatic rings. The molecule has 1 atom stereocenters. The first-order chi connectivity index (χ1) is 7.20. The Labute approximate surface area is 91.4 Å². The van der Waals surface area contributed by atoms with Gasteiger partial charge in [0.25, 0.3) is 0 Å². The first-order valence-electron chi connectivity index (χ1n) is 5.55. The van der Waals surface area contributed by atoms with Gasteiger partial charge in [-0.15, -0.1) is 0 Å². The molecule has 1 unspecified atom stereocenters. The Hall–Kier alpha value is -0.810. The van der Waals surface area contributed by atoms with Gasteiger partial charge in [-0.2, -0.15) is 0 Å². The lowest BCUT2D eigenvalue weighted by Crippen LogP contribution is -2.21. The number of nitrogens with two attached hydrogens (primary N) is 1. The van der Waals surface area contributed by atoms with Crippen molar-refractivity contribution in [2.24, 2.45) is 10.9 Å². The van der Waals surface area contributed by atoms with Gasteiger partial charge in [-0.1, -0.05) is 12.1 Å². The maximum atomic E-state index is 9.27. The van der Waals surface area contributed by atoms with Crippen molar-refractivity contribution >= 4 is 5.84 Å². The van der Waals surface area contributed by atoms with Crippen LogP contribution in [0.3, 0.4) is 0 Å². The van der Waals surface area contributed by atoms with Crippen molar-refractivity contribution in [3.63, 3.8) is 0 Å².